The van der Waals surface area contributed by atoms with E-state index in [4.69, 9.17) is 0 Å². The van der Waals surface area contributed by atoms with Gasteiger partial charge in [0.15, 0.2) is 0 Å². The topological polar surface area (TPSA) is 84.2 Å². The minimum absolute atomic E-state index is 0.0235. The summed E-state index contributed by atoms with van der Waals surface area (Å²) < 4.78 is 0. The van der Waals surface area contributed by atoms with Crippen molar-refractivity contribution in [1.29, 1.82) is 0 Å². The number of rotatable bonds is 6. The third-order valence-electron chi connectivity index (χ3n) is 4.49. The Morgan fingerprint density at radius 2 is 2.12 bits per heavy atom. The minimum atomic E-state index is -0.376. The van der Waals surface area contributed by atoms with Crippen LogP contribution in [0, 0.1) is 16.0 Å². The Kier molecular flexibility index (Phi) is 5.42. The lowest BCUT2D eigenvalue weighted by molar-refractivity contribution is -0.383. The summed E-state index contributed by atoms with van der Waals surface area (Å²) in [4.78, 5) is 21.6. The summed E-state index contributed by atoms with van der Waals surface area (Å²) >= 11 is 0. The van der Waals surface area contributed by atoms with Gasteiger partial charge in [0.2, 0.25) is 11.6 Å². The lowest BCUT2D eigenvalue weighted by Crippen LogP contribution is -2.35. The van der Waals surface area contributed by atoms with Crippen LogP contribution in [0.25, 0.3) is 0 Å². The SMILES string of the molecule is CC1CCCN(c2ncnc(NCCc3ccccc3)c2[N+](=O)[O-])C1. The summed E-state index contributed by atoms with van der Waals surface area (Å²) in [6.07, 6.45) is 4.36. The van der Waals surface area contributed by atoms with Gasteiger partial charge in [-0.1, -0.05) is 37.3 Å². The van der Waals surface area contributed by atoms with Crippen molar-refractivity contribution < 1.29 is 4.92 Å². The summed E-state index contributed by atoms with van der Waals surface area (Å²) in [7, 11) is 0. The van der Waals surface area contributed by atoms with Gasteiger partial charge in [-0.05, 0) is 30.7 Å². The van der Waals surface area contributed by atoms with Gasteiger partial charge in [-0.15, -0.1) is 0 Å². The Morgan fingerprint density at radius 1 is 1.32 bits per heavy atom. The van der Waals surface area contributed by atoms with Crippen molar-refractivity contribution in [3.8, 4) is 0 Å². The predicted molar refractivity (Wildman–Crippen MR) is 97.9 cm³/mol. The van der Waals surface area contributed by atoms with E-state index in [1.807, 2.05) is 35.2 Å². The molecule has 0 bridgehead atoms. The van der Waals surface area contributed by atoms with Crippen molar-refractivity contribution in [1.82, 2.24) is 9.97 Å². The predicted octanol–water partition coefficient (Wildman–Crippen LogP) is 3.28. The highest BCUT2D eigenvalue weighted by Gasteiger charge is 2.29. The van der Waals surface area contributed by atoms with Crippen molar-refractivity contribution in [2.45, 2.75) is 26.2 Å². The van der Waals surface area contributed by atoms with Crippen molar-refractivity contribution in [2.75, 3.05) is 29.9 Å². The number of hydrogen-bond acceptors (Lipinski definition) is 6. The number of nitrogens with one attached hydrogen (secondary N) is 1. The van der Waals surface area contributed by atoms with Crippen LogP contribution >= 0.6 is 0 Å². The van der Waals surface area contributed by atoms with Crippen molar-refractivity contribution in [3.05, 3.63) is 52.3 Å². The highest BCUT2D eigenvalue weighted by Crippen LogP contribution is 2.33. The Hall–Kier alpha value is -2.70. The molecule has 1 unspecified atom stereocenters. The summed E-state index contributed by atoms with van der Waals surface area (Å²) in [5, 5.41) is 14.8. The third kappa shape index (κ3) is 4.23. The van der Waals surface area contributed by atoms with Crippen molar-refractivity contribution in [2.24, 2.45) is 5.92 Å². The first-order valence-corrected chi connectivity index (χ1v) is 8.67. The molecule has 0 radical (unpaired) electrons. The molecule has 1 atom stereocenters. The second kappa shape index (κ2) is 7.92. The van der Waals surface area contributed by atoms with Crippen LogP contribution in [-0.4, -0.2) is 34.5 Å². The normalized spacial score (nSPS) is 17.3. The molecular formula is C18H23N5O2. The largest absolute Gasteiger partial charge is 0.364 e. The number of nitrogens with zero attached hydrogens (tertiary/aromatic N) is 4. The van der Waals surface area contributed by atoms with Gasteiger partial charge in [-0.3, -0.25) is 10.1 Å². The average Bonchev–Trinajstić information content (AvgIpc) is 2.62. The Balaban J connectivity index is 1.77. The van der Waals surface area contributed by atoms with E-state index >= 15 is 0 Å². The molecule has 0 amide bonds. The first-order valence-electron chi connectivity index (χ1n) is 8.67. The highest BCUT2D eigenvalue weighted by atomic mass is 16.6. The molecule has 1 N–H and O–H groups in total. The van der Waals surface area contributed by atoms with Gasteiger partial charge in [0.25, 0.3) is 0 Å². The fraction of sp³-hybridized carbons (Fsp3) is 0.444. The fourth-order valence-electron chi connectivity index (χ4n) is 3.25. The number of nitro groups is 1. The van der Waals surface area contributed by atoms with Crippen molar-refractivity contribution >= 4 is 17.3 Å². The Morgan fingerprint density at radius 3 is 2.84 bits per heavy atom. The second-order valence-electron chi connectivity index (χ2n) is 6.51. The summed E-state index contributed by atoms with van der Waals surface area (Å²) in [6, 6.07) is 10.0. The van der Waals surface area contributed by atoms with E-state index in [9.17, 15) is 10.1 Å². The van der Waals surface area contributed by atoms with Gasteiger partial charge in [-0.25, -0.2) is 9.97 Å². The molecule has 1 aromatic carbocycles. The van der Waals surface area contributed by atoms with Crippen LogP contribution in [0.15, 0.2) is 36.7 Å². The van der Waals surface area contributed by atoms with Gasteiger partial charge in [-0.2, -0.15) is 0 Å². The molecule has 3 rings (SSSR count). The molecule has 7 nitrogen and oxygen atoms in total. The zero-order chi connectivity index (χ0) is 17.6. The van der Waals surface area contributed by atoms with E-state index < -0.39 is 0 Å². The van der Waals surface area contributed by atoms with E-state index in [2.05, 4.69) is 22.2 Å². The van der Waals surface area contributed by atoms with E-state index in [1.54, 1.807) is 0 Å². The van der Waals surface area contributed by atoms with Gasteiger partial charge in [0, 0.05) is 19.6 Å². The quantitative estimate of drug-likeness (QED) is 0.641. The Bertz CT molecular complexity index is 723. The van der Waals surface area contributed by atoms with E-state index in [0.717, 1.165) is 32.4 Å². The molecule has 1 aromatic heterocycles. The van der Waals surface area contributed by atoms with Crippen LogP contribution < -0.4 is 10.2 Å². The zero-order valence-corrected chi connectivity index (χ0v) is 14.4. The average molecular weight is 341 g/mol. The molecule has 1 aliphatic heterocycles. The Labute approximate surface area is 147 Å². The van der Waals surface area contributed by atoms with Gasteiger partial charge in [0.05, 0.1) is 4.92 Å². The van der Waals surface area contributed by atoms with Gasteiger partial charge >= 0.3 is 5.69 Å². The summed E-state index contributed by atoms with van der Waals surface area (Å²) in [5.74, 6) is 1.23. The molecule has 2 aromatic rings. The molecule has 1 aliphatic rings. The maximum atomic E-state index is 11.7. The maximum Gasteiger partial charge on any atom is 0.353 e. The lowest BCUT2D eigenvalue weighted by Gasteiger charge is -2.31. The zero-order valence-electron chi connectivity index (χ0n) is 14.4. The number of aromatic nitrogens is 2. The van der Waals surface area contributed by atoms with Crippen LogP contribution in [0.4, 0.5) is 17.3 Å². The summed E-state index contributed by atoms with van der Waals surface area (Å²) in [6.45, 7) is 4.34. The van der Waals surface area contributed by atoms with E-state index in [-0.39, 0.29) is 10.6 Å². The number of piperidine rings is 1. The van der Waals surface area contributed by atoms with Gasteiger partial charge in [0.1, 0.15) is 6.33 Å². The van der Waals surface area contributed by atoms with Crippen LogP contribution in [0.1, 0.15) is 25.3 Å². The summed E-state index contributed by atoms with van der Waals surface area (Å²) in [5.41, 5.74) is 1.15. The lowest BCUT2D eigenvalue weighted by atomic mass is 10.0. The molecule has 0 spiro atoms. The van der Waals surface area contributed by atoms with Gasteiger partial charge < -0.3 is 10.2 Å². The highest BCUT2D eigenvalue weighted by molar-refractivity contribution is 5.70. The number of hydrogen-bond donors (Lipinski definition) is 1. The molecule has 132 valence electrons. The van der Waals surface area contributed by atoms with Crippen LogP contribution in [0.2, 0.25) is 0 Å². The van der Waals surface area contributed by atoms with Crippen LogP contribution in [0.5, 0.6) is 0 Å². The standard InChI is InChI=1S/C18H23N5O2/c1-14-6-5-11-22(12-14)18-16(23(24)25)17(20-13-21-18)19-10-9-15-7-3-2-4-8-15/h2-4,7-8,13-14H,5-6,9-12H2,1H3,(H,19,20,21). The molecular weight excluding hydrogens is 318 g/mol. The first-order chi connectivity index (χ1) is 12.1. The fourth-order valence-corrected chi connectivity index (χ4v) is 3.25. The molecule has 1 saturated heterocycles. The second-order valence-corrected chi connectivity index (χ2v) is 6.51. The number of benzene rings is 1. The molecule has 2 heterocycles. The van der Waals surface area contributed by atoms with E-state index in [1.165, 1.54) is 11.9 Å². The third-order valence-corrected chi connectivity index (χ3v) is 4.49. The molecule has 0 aliphatic carbocycles. The minimum Gasteiger partial charge on any atom is -0.364 e. The van der Waals surface area contributed by atoms with Crippen LogP contribution in [0.3, 0.4) is 0 Å². The molecule has 7 heteroatoms. The monoisotopic (exact) mass is 341 g/mol. The number of anilines is 2. The smallest absolute Gasteiger partial charge is 0.353 e. The van der Waals surface area contributed by atoms with Crippen molar-refractivity contribution in [3.63, 3.8) is 0 Å². The van der Waals surface area contributed by atoms with Crippen LogP contribution in [-0.2, 0) is 6.42 Å². The van der Waals surface area contributed by atoms with E-state index in [0.29, 0.717) is 24.1 Å². The molecule has 0 saturated carbocycles. The molecule has 25 heavy (non-hydrogen) atoms. The first kappa shape index (κ1) is 17.1. The molecule has 1 fully saturated rings. The maximum absolute atomic E-state index is 11.7.